The molecule has 0 aliphatic heterocycles. The normalized spacial score (nSPS) is 9.65. The summed E-state index contributed by atoms with van der Waals surface area (Å²) in [6.07, 6.45) is 0.628. The summed E-state index contributed by atoms with van der Waals surface area (Å²) in [6, 6.07) is 11.7. The molecule has 0 heterocycles. The Hall–Kier alpha value is -2.51. The number of ether oxygens (including phenoxy) is 2. The first-order chi connectivity index (χ1) is 9.67. The van der Waals surface area contributed by atoms with Crippen molar-refractivity contribution in [2.75, 3.05) is 7.11 Å². The molecular formula is C15H10ClNO3. The summed E-state index contributed by atoms with van der Waals surface area (Å²) in [5.74, 6) is 1.21. The van der Waals surface area contributed by atoms with Crippen molar-refractivity contribution in [3.05, 3.63) is 52.5 Å². The van der Waals surface area contributed by atoms with E-state index < -0.39 is 0 Å². The number of nitriles is 1. The SMILES string of the molecule is COc1cc(C#N)cc(Oc2cccc(Cl)c2C=O)c1. The molecule has 100 valence electrons. The Morgan fingerprint density at radius 2 is 2.00 bits per heavy atom. The standard InChI is InChI=1S/C15H10ClNO3/c1-19-11-5-10(8-17)6-12(7-11)20-15-4-2-3-14(16)13(15)9-18/h2-7,9H,1H3. The van der Waals surface area contributed by atoms with Gasteiger partial charge in [-0.05, 0) is 24.3 Å². The Morgan fingerprint density at radius 1 is 1.25 bits per heavy atom. The fraction of sp³-hybridized carbons (Fsp3) is 0.0667. The van der Waals surface area contributed by atoms with Crippen LogP contribution in [0.5, 0.6) is 17.2 Å². The molecule has 0 aliphatic rings. The van der Waals surface area contributed by atoms with Gasteiger partial charge in [0.05, 0.1) is 29.3 Å². The lowest BCUT2D eigenvalue weighted by Crippen LogP contribution is -1.93. The number of carbonyl (C=O) groups is 1. The van der Waals surface area contributed by atoms with E-state index in [2.05, 4.69) is 0 Å². The van der Waals surface area contributed by atoms with Crippen molar-refractivity contribution in [3.63, 3.8) is 0 Å². The molecule has 0 aliphatic carbocycles. The van der Waals surface area contributed by atoms with Gasteiger partial charge in [-0.1, -0.05) is 17.7 Å². The van der Waals surface area contributed by atoms with Crippen LogP contribution >= 0.6 is 11.6 Å². The van der Waals surface area contributed by atoms with Crippen LogP contribution in [0.4, 0.5) is 0 Å². The second kappa shape index (κ2) is 6.09. The molecule has 2 aromatic rings. The summed E-state index contributed by atoms with van der Waals surface area (Å²) in [6.45, 7) is 0. The average Bonchev–Trinajstić information content (AvgIpc) is 2.47. The van der Waals surface area contributed by atoms with Gasteiger partial charge in [-0.3, -0.25) is 4.79 Å². The topological polar surface area (TPSA) is 59.3 Å². The number of methoxy groups -OCH3 is 1. The summed E-state index contributed by atoms with van der Waals surface area (Å²) in [4.78, 5) is 11.0. The van der Waals surface area contributed by atoms with Crippen molar-refractivity contribution in [3.8, 4) is 23.3 Å². The molecule has 2 rings (SSSR count). The third-order valence-corrected chi connectivity index (χ3v) is 2.93. The van der Waals surface area contributed by atoms with E-state index >= 15 is 0 Å². The van der Waals surface area contributed by atoms with E-state index in [1.54, 1.807) is 36.4 Å². The fourth-order valence-corrected chi connectivity index (χ4v) is 1.87. The van der Waals surface area contributed by atoms with Gasteiger partial charge in [0.15, 0.2) is 6.29 Å². The number of nitrogens with zero attached hydrogens (tertiary/aromatic N) is 1. The molecule has 20 heavy (non-hydrogen) atoms. The highest BCUT2D eigenvalue weighted by Gasteiger charge is 2.10. The van der Waals surface area contributed by atoms with Gasteiger partial charge in [-0.15, -0.1) is 0 Å². The second-order valence-electron chi connectivity index (χ2n) is 3.88. The summed E-state index contributed by atoms with van der Waals surface area (Å²) < 4.78 is 10.7. The zero-order chi connectivity index (χ0) is 14.5. The van der Waals surface area contributed by atoms with Crippen LogP contribution < -0.4 is 9.47 Å². The van der Waals surface area contributed by atoms with Crippen LogP contribution in [0.1, 0.15) is 15.9 Å². The number of halogens is 1. The van der Waals surface area contributed by atoms with Gasteiger partial charge < -0.3 is 9.47 Å². The maximum atomic E-state index is 11.0. The first-order valence-corrected chi connectivity index (χ1v) is 6.06. The van der Waals surface area contributed by atoms with Gasteiger partial charge in [0.1, 0.15) is 17.2 Å². The molecule has 0 saturated heterocycles. The van der Waals surface area contributed by atoms with Gasteiger partial charge >= 0.3 is 0 Å². The number of hydrogen-bond acceptors (Lipinski definition) is 4. The lowest BCUT2D eigenvalue weighted by molar-refractivity contribution is 0.112. The predicted molar refractivity (Wildman–Crippen MR) is 74.6 cm³/mol. The molecule has 0 fully saturated rings. The molecular weight excluding hydrogens is 278 g/mol. The smallest absolute Gasteiger partial charge is 0.155 e. The Morgan fingerprint density at radius 3 is 2.65 bits per heavy atom. The van der Waals surface area contributed by atoms with Crippen LogP contribution in [0.15, 0.2) is 36.4 Å². The van der Waals surface area contributed by atoms with Gasteiger partial charge in [-0.2, -0.15) is 5.26 Å². The minimum atomic E-state index is 0.260. The monoisotopic (exact) mass is 287 g/mol. The van der Waals surface area contributed by atoms with Gasteiger partial charge in [0.2, 0.25) is 0 Å². The number of aldehydes is 1. The lowest BCUT2D eigenvalue weighted by Gasteiger charge is -2.10. The number of benzene rings is 2. The molecule has 4 nitrogen and oxygen atoms in total. The van der Waals surface area contributed by atoms with Crippen molar-refractivity contribution >= 4 is 17.9 Å². The lowest BCUT2D eigenvalue weighted by atomic mass is 10.2. The highest BCUT2D eigenvalue weighted by Crippen LogP contribution is 2.31. The second-order valence-corrected chi connectivity index (χ2v) is 4.29. The van der Waals surface area contributed by atoms with Crippen molar-refractivity contribution < 1.29 is 14.3 Å². The van der Waals surface area contributed by atoms with E-state index in [1.807, 2.05) is 6.07 Å². The summed E-state index contributed by atoms with van der Waals surface area (Å²) in [7, 11) is 1.50. The van der Waals surface area contributed by atoms with Gasteiger partial charge in [-0.25, -0.2) is 0 Å². The number of rotatable bonds is 4. The zero-order valence-corrected chi connectivity index (χ0v) is 11.3. The first-order valence-electron chi connectivity index (χ1n) is 5.68. The summed E-state index contributed by atoms with van der Waals surface area (Å²) in [5, 5.41) is 9.26. The third-order valence-electron chi connectivity index (χ3n) is 2.60. The van der Waals surface area contributed by atoms with Crippen molar-refractivity contribution in [1.29, 1.82) is 5.26 Å². The maximum Gasteiger partial charge on any atom is 0.155 e. The Labute approximate surface area is 121 Å². The molecule has 0 unspecified atom stereocenters. The van der Waals surface area contributed by atoms with Gasteiger partial charge in [0.25, 0.3) is 0 Å². The predicted octanol–water partition coefficient (Wildman–Crippen LogP) is 3.83. The van der Waals surface area contributed by atoms with E-state index in [9.17, 15) is 4.79 Å². The van der Waals surface area contributed by atoms with Crippen LogP contribution in [-0.4, -0.2) is 13.4 Å². The minimum Gasteiger partial charge on any atom is -0.497 e. The van der Waals surface area contributed by atoms with Crippen LogP contribution in [0.2, 0.25) is 5.02 Å². The largest absolute Gasteiger partial charge is 0.497 e. The summed E-state index contributed by atoms with van der Waals surface area (Å²) in [5.41, 5.74) is 0.657. The molecule has 0 aromatic heterocycles. The molecule has 5 heteroatoms. The van der Waals surface area contributed by atoms with Crippen LogP contribution in [0.3, 0.4) is 0 Å². The van der Waals surface area contributed by atoms with E-state index in [1.165, 1.54) is 7.11 Å². The zero-order valence-electron chi connectivity index (χ0n) is 10.6. The Bertz CT molecular complexity index is 692. The molecule has 2 aromatic carbocycles. The fourth-order valence-electron chi connectivity index (χ4n) is 1.66. The molecule has 0 amide bonds. The van der Waals surface area contributed by atoms with E-state index in [0.29, 0.717) is 34.1 Å². The van der Waals surface area contributed by atoms with E-state index in [-0.39, 0.29) is 5.56 Å². The Kier molecular flexibility index (Phi) is 4.24. The van der Waals surface area contributed by atoms with Crippen molar-refractivity contribution in [2.24, 2.45) is 0 Å². The third kappa shape index (κ3) is 2.90. The molecule has 0 N–H and O–H groups in total. The molecule has 0 saturated carbocycles. The average molecular weight is 288 g/mol. The van der Waals surface area contributed by atoms with Gasteiger partial charge in [0, 0.05) is 6.07 Å². The highest BCUT2D eigenvalue weighted by molar-refractivity contribution is 6.33. The van der Waals surface area contributed by atoms with Crippen molar-refractivity contribution in [1.82, 2.24) is 0 Å². The van der Waals surface area contributed by atoms with Crippen molar-refractivity contribution in [2.45, 2.75) is 0 Å². The highest BCUT2D eigenvalue weighted by atomic mass is 35.5. The number of hydrogen-bond donors (Lipinski definition) is 0. The molecule has 0 bridgehead atoms. The number of carbonyl (C=O) groups excluding carboxylic acids is 1. The molecule has 0 spiro atoms. The minimum absolute atomic E-state index is 0.260. The van der Waals surface area contributed by atoms with Crippen LogP contribution in [0.25, 0.3) is 0 Å². The Balaban J connectivity index is 2.42. The van der Waals surface area contributed by atoms with Crippen LogP contribution in [-0.2, 0) is 0 Å². The van der Waals surface area contributed by atoms with E-state index in [0.717, 1.165) is 0 Å². The maximum absolute atomic E-state index is 11.0. The quantitative estimate of drug-likeness (QED) is 0.802. The van der Waals surface area contributed by atoms with E-state index in [4.69, 9.17) is 26.3 Å². The van der Waals surface area contributed by atoms with Crippen LogP contribution in [0, 0.1) is 11.3 Å². The molecule has 0 radical (unpaired) electrons. The molecule has 0 atom stereocenters. The summed E-state index contributed by atoms with van der Waals surface area (Å²) >= 11 is 5.92. The first kappa shape index (κ1) is 13.9.